The Hall–Kier alpha value is -2.34. The highest BCUT2D eigenvalue weighted by molar-refractivity contribution is 5.34. The molecule has 0 heteroatoms. The van der Waals surface area contributed by atoms with E-state index in [9.17, 15) is 0 Å². The van der Waals surface area contributed by atoms with Crippen LogP contribution in [0.15, 0.2) is 72.8 Å². The van der Waals surface area contributed by atoms with Gasteiger partial charge in [-0.05, 0) is 60.4 Å². The Bertz CT molecular complexity index is 902. The van der Waals surface area contributed by atoms with Crippen molar-refractivity contribution in [2.75, 3.05) is 0 Å². The lowest BCUT2D eigenvalue weighted by atomic mass is 9.97. The van der Waals surface area contributed by atoms with Crippen molar-refractivity contribution in [3.63, 3.8) is 0 Å². The molecule has 0 amide bonds. The molecule has 0 N–H and O–H groups in total. The fraction of sp³-hybridized carbons (Fsp3) is 0.455. The van der Waals surface area contributed by atoms with Gasteiger partial charge in [0, 0.05) is 0 Å². The van der Waals surface area contributed by atoms with Crippen LogP contribution in [0.2, 0.25) is 0 Å². The van der Waals surface area contributed by atoms with Gasteiger partial charge < -0.3 is 0 Å². The summed E-state index contributed by atoms with van der Waals surface area (Å²) in [5.41, 5.74) is 8.41. The standard InChI is InChI=1S/C33H44/c1-3-4-5-6-7-8-9-10-11-12-14-29-21-23-31(24-22-29)26-33-16-13-15-32(27-33)25-30-19-17-28(2)18-20-30/h13,15-24,27H,3-12,14,25-26H2,1-2H3. The third kappa shape index (κ3) is 9.99. The zero-order valence-electron chi connectivity index (χ0n) is 21.1. The molecule has 0 fully saturated rings. The van der Waals surface area contributed by atoms with Gasteiger partial charge >= 0.3 is 0 Å². The van der Waals surface area contributed by atoms with E-state index in [4.69, 9.17) is 0 Å². The van der Waals surface area contributed by atoms with Gasteiger partial charge in [0.2, 0.25) is 0 Å². The fourth-order valence-corrected chi connectivity index (χ4v) is 4.67. The van der Waals surface area contributed by atoms with Crippen LogP contribution in [0.1, 0.15) is 105 Å². The molecule has 3 rings (SSSR count). The zero-order chi connectivity index (χ0) is 23.1. The molecule has 0 bridgehead atoms. The molecule has 0 aliphatic carbocycles. The molecule has 0 aliphatic rings. The summed E-state index contributed by atoms with van der Waals surface area (Å²) in [7, 11) is 0. The van der Waals surface area contributed by atoms with Crippen molar-refractivity contribution >= 4 is 0 Å². The smallest absolute Gasteiger partial charge is 0.00257 e. The molecule has 33 heavy (non-hydrogen) atoms. The van der Waals surface area contributed by atoms with Gasteiger partial charge in [0.25, 0.3) is 0 Å². The van der Waals surface area contributed by atoms with Gasteiger partial charge in [0.05, 0.1) is 0 Å². The quantitative estimate of drug-likeness (QED) is 0.206. The van der Waals surface area contributed by atoms with Gasteiger partial charge in [0.15, 0.2) is 0 Å². The lowest BCUT2D eigenvalue weighted by molar-refractivity contribution is 0.556. The van der Waals surface area contributed by atoms with E-state index in [1.165, 1.54) is 104 Å². The van der Waals surface area contributed by atoms with E-state index in [1.54, 1.807) is 0 Å². The topological polar surface area (TPSA) is 0 Å². The normalized spacial score (nSPS) is 11.1. The van der Waals surface area contributed by atoms with Crippen LogP contribution in [-0.2, 0) is 19.3 Å². The molecule has 3 aromatic rings. The minimum Gasteiger partial charge on any atom is -0.0654 e. The molecule has 0 saturated carbocycles. The predicted octanol–water partition coefficient (Wildman–Crippen LogP) is 9.64. The molecule has 0 heterocycles. The van der Waals surface area contributed by atoms with Gasteiger partial charge in [-0.25, -0.2) is 0 Å². The Morgan fingerprint density at radius 3 is 1.45 bits per heavy atom. The molecular weight excluding hydrogens is 396 g/mol. The van der Waals surface area contributed by atoms with Crippen molar-refractivity contribution in [2.45, 2.75) is 97.3 Å². The van der Waals surface area contributed by atoms with Gasteiger partial charge in [-0.15, -0.1) is 0 Å². The van der Waals surface area contributed by atoms with Gasteiger partial charge in [-0.1, -0.05) is 143 Å². The molecule has 3 aromatic carbocycles. The molecule has 0 unspecified atom stereocenters. The van der Waals surface area contributed by atoms with E-state index < -0.39 is 0 Å². The van der Waals surface area contributed by atoms with Gasteiger partial charge in [0.1, 0.15) is 0 Å². The van der Waals surface area contributed by atoms with Crippen molar-refractivity contribution in [1.29, 1.82) is 0 Å². The van der Waals surface area contributed by atoms with Crippen LogP contribution in [0.4, 0.5) is 0 Å². The number of aryl methyl sites for hydroxylation is 2. The Labute approximate surface area is 203 Å². The minimum absolute atomic E-state index is 1.01. The third-order valence-electron chi connectivity index (χ3n) is 6.77. The third-order valence-corrected chi connectivity index (χ3v) is 6.77. The Morgan fingerprint density at radius 1 is 0.455 bits per heavy atom. The van der Waals surface area contributed by atoms with E-state index >= 15 is 0 Å². The zero-order valence-corrected chi connectivity index (χ0v) is 21.1. The summed E-state index contributed by atoms with van der Waals surface area (Å²) in [6, 6.07) is 27.3. The Kier molecular flexibility index (Phi) is 11.3. The molecule has 0 aromatic heterocycles. The molecule has 0 spiro atoms. The first kappa shape index (κ1) is 25.3. The van der Waals surface area contributed by atoms with E-state index in [-0.39, 0.29) is 0 Å². The highest BCUT2D eigenvalue weighted by Crippen LogP contribution is 2.17. The first-order chi connectivity index (χ1) is 16.2. The molecule has 0 nitrogen and oxygen atoms in total. The summed E-state index contributed by atoms with van der Waals surface area (Å²) in [6.45, 7) is 4.44. The van der Waals surface area contributed by atoms with Crippen LogP contribution >= 0.6 is 0 Å². The van der Waals surface area contributed by atoms with Crippen LogP contribution < -0.4 is 0 Å². The van der Waals surface area contributed by atoms with Gasteiger partial charge in [-0.3, -0.25) is 0 Å². The van der Waals surface area contributed by atoms with Crippen molar-refractivity contribution < 1.29 is 0 Å². The van der Waals surface area contributed by atoms with Crippen molar-refractivity contribution in [3.8, 4) is 0 Å². The first-order valence-electron chi connectivity index (χ1n) is 13.4. The summed E-state index contributed by atoms with van der Waals surface area (Å²) >= 11 is 0. The van der Waals surface area contributed by atoms with Crippen molar-refractivity contribution in [3.05, 3.63) is 106 Å². The average Bonchev–Trinajstić information content (AvgIpc) is 2.83. The number of hydrogen-bond acceptors (Lipinski definition) is 0. The second kappa shape index (κ2) is 14.7. The summed E-state index contributed by atoms with van der Waals surface area (Å²) in [4.78, 5) is 0. The molecule has 0 saturated heterocycles. The van der Waals surface area contributed by atoms with Crippen molar-refractivity contribution in [2.24, 2.45) is 0 Å². The van der Waals surface area contributed by atoms with Crippen LogP contribution in [0.5, 0.6) is 0 Å². The molecule has 0 radical (unpaired) electrons. The lowest BCUT2D eigenvalue weighted by Gasteiger charge is -2.08. The van der Waals surface area contributed by atoms with Crippen LogP contribution in [0.3, 0.4) is 0 Å². The minimum atomic E-state index is 1.01. The highest BCUT2D eigenvalue weighted by atomic mass is 14.1. The average molecular weight is 441 g/mol. The van der Waals surface area contributed by atoms with Crippen LogP contribution in [0.25, 0.3) is 0 Å². The van der Waals surface area contributed by atoms with E-state index in [0.29, 0.717) is 0 Å². The van der Waals surface area contributed by atoms with Crippen LogP contribution in [0, 0.1) is 6.92 Å². The van der Waals surface area contributed by atoms with Gasteiger partial charge in [-0.2, -0.15) is 0 Å². The van der Waals surface area contributed by atoms with Crippen LogP contribution in [-0.4, -0.2) is 0 Å². The largest absolute Gasteiger partial charge is 0.0654 e. The van der Waals surface area contributed by atoms with E-state index in [2.05, 4.69) is 86.6 Å². The number of rotatable bonds is 15. The second-order valence-electron chi connectivity index (χ2n) is 9.91. The monoisotopic (exact) mass is 440 g/mol. The van der Waals surface area contributed by atoms with E-state index in [1.807, 2.05) is 0 Å². The predicted molar refractivity (Wildman–Crippen MR) is 145 cm³/mol. The van der Waals surface area contributed by atoms with E-state index in [0.717, 1.165) is 12.8 Å². The molecule has 0 aliphatic heterocycles. The number of hydrogen-bond donors (Lipinski definition) is 0. The summed E-state index contributed by atoms with van der Waals surface area (Å²) in [6.07, 6.45) is 17.3. The summed E-state index contributed by atoms with van der Waals surface area (Å²) in [5.74, 6) is 0. The number of unbranched alkanes of at least 4 members (excludes halogenated alkanes) is 9. The maximum absolute atomic E-state index is 2.37. The Balaban J connectivity index is 1.36. The highest BCUT2D eigenvalue weighted by Gasteiger charge is 2.02. The second-order valence-corrected chi connectivity index (χ2v) is 9.91. The molecular formula is C33H44. The first-order valence-corrected chi connectivity index (χ1v) is 13.4. The molecule has 176 valence electrons. The summed E-state index contributed by atoms with van der Waals surface area (Å²) < 4.78 is 0. The Morgan fingerprint density at radius 2 is 0.909 bits per heavy atom. The SMILES string of the molecule is CCCCCCCCCCCCc1ccc(Cc2cccc(Cc3ccc(C)cc3)c2)cc1. The van der Waals surface area contributed by atoms with Crippen molar-refractivity contribution in [1.82, 2.24) is 0 Å². The summed E-state index contributed by atoms with van der Waals surface area (Å²) in [5, 5.41) is 0. The number of benzene rings is 3. The maximum atomic E-state index is 2.37. The maximum Gasteiger partial charge on any atom is -0.00257 e. The molecule has 0 atom stereocenters. The fourth-order valence-electron chi connectivity index (χ4n) is 4.67. The lowest BCUT2D eigenvalue weighted by Crippen LogP contribution is -1.93.